The molecule has 1 aromatic carbocycles. The third kappa shape index (κ3) is 3.63. The lowest BCUT2D eigenvalue weighted by molar-refractivity contribution is -0.118. The number of nitrogens with zero attached hydrogens (tertiary/aromatic N) is 5. The van der Waals surface area contributed by atoms with Gasteiger partial charge in [0.05, 0.1) is 11.9 Å². The Labute approximate surface area is 173 Å². The molecule has 2 unspecified atom stereocenters. The summed E-state index contributed by atoms with van der Waals surface area (Å²) in [5.41, 5.74) is 2.98. The smallest absolute Gasteiger partial charge is 0.263 e. The maximum absolute atomic E-state index is 12.2. The first-order chi connectivity index (χ1) is 14.5. The molecule has 30 heavy (non-hydrogen) atoms. The van der Waals surface area contributed by atoms with Gasteiger partial charge in [0.15, 0.2) is 18.1 Å². The molecule has 2 bridgehead atoms. The van der Waals surface area contributed by atoms with Gasteiger partial charge >= 0.3 is 0 Å². The lowest BCUT2D eigenvalue weighted by Crippen LogP contribution is -2.44. The van der Waals surface area contributed by atoms with Crippen molar-refractivity contribution in [1.82, 2.24) is 25.3 Å². The Hall–Kier alpha value is -3.33. The van der Waals surface area contributed by atoms with E-state index in [4.69, 9.17) is 4.74 Å². The molecule has 1 amide bonds. The molecule has 2 N–H and O–H groups in total. The summed E-state index contributed by atoms with van der Waals surface area (Å²) in [5.74, 6) is 1.39. The van der Waals surface area contributed by atoms with Crippen LogP contribution >= 0.6 is 0 Å². The van der Waals surface area contributed by atoms with Crippen molar-refractivity contribution in [2.75, 3.05) is 29.9 Å². The van der Waals surface area contributed by atoms with Gasteiger partial charge in [-0.1, -0.05) is 17.7 Å². The number of carbonyl (C=O) groups is 1. The highest BCUT2D eigenvalue weighted by atomic mass is 16.5. The first kappa shape index (κ1) is 18.7. The van der Waals surface area contributed by atoms with Gasteiger partial charge in [0.1, 0.15) is 11.3 Å². The standard InChI is InChI=1S/C21H23N7O2/c1-12-3-5-16(6-4-12)30-11-18(29)25-17-9-23-20-19(26-17)13(2)24-21(27-20)28-10-14-7-15(28)8-22-14/h3-6,9,14-15,22H,7-8,10-11H2,1-2H3,(H,25,26,29). The predicted octanol–water partition coefficient (Wildman–Crippen LogP) is 1.60. The van der Waals surface area contributed by atoms with Crippen LogP contribution in [0.25, 0.3) is 11.2 Å². The average molecular weight is 405 g/mol. The topological polar surface area (TPSA) is 105 Å². The van der Waals surface area contributed by atoms with E-state index < -0.39 is 0 Å². The number of fused-ring (bicyclic) bond motifs is 3. The van der Waals surface area contributed by atoms with E-state index in [9.17, 15) is 4.79 Å². The van der Waals surface area contributed by atoms with Crippen LogP contribution in [0, 0.1) is 13.8 Å². The van der Waals surface area contributed by atoms with Gasteiger partial charge in [0.25, 0.3) is 5.91 Å². The second-order valence-corrected chi connectivity index (χ2v) is 7.83. The molecule has 2 aliphatic rings. The van der Waals surface area contributed by atoms with Crippen molar-refractivity contribution in [2.45, 2.75) is 32.4 Å². The molecule has 0 spiro atoms. The molecule has 9 nitrogen and oxygen atoms in total. The molecule has 9 heteroatoms. The van der Waals surface area contributed by atoms with Gasteiger partial charge in [0, 0.05) is 25.2 Å². The number of rotatable bonds is 5. The molecule has 2 saturated heterocycles. The number of amides is 1. The number of aromatic nitrogens is 4. The molecule has 2 atom stereocenters. The third-order valence-electron chi connectivity index (χ3n) is 5.54. The second kappa shape index (κ2) is 7.49. The van der Waals surface area contributed by atoms with Gasteiger partial charge in [-0.05, 0) is 32.4 Å². The molecule has 4 heterocycles. The minimum absolute atomic E-state index is 0.108. The fourth-order valence-electron chi connectivity index (χ4n) is 3.99. The van der Waals surface area contributed by atoms with Gasteiger partial charge < -0.3 is 20.3 Å². The maximum atomic E-state index is 12.2. The summed E-state index contributed by atoms with van der Waals surface area (Å²) < 4.78 is 5.51. The summed E-state index contributed by atoms with van der Waals surface area (Å²) in [5, 5.41) is 6.20. The molecule has 3 aromatic rings. The zero-order valence-electron chi connectivity index (χ0n) is 16.9. The van der Waals surface area contributed by atoms with E-state index >= 15 is 0 Å². The Kier molecular flexibility index (Phi) is 4.66. The summed E-state index contributed by atoms with van der Waals surface area (Å²) in [6.07, 6.45) is 2.64. The number of aryl methyl sites for hydroxylation is 2. The number of piperazine rings is 1. The van der Waals surface area contributed by atoms with Gasteiger partial charge in [-0.15, -0.1) is 0 Å². The number of ether oxygens (including phenoxy) is 1. The molecule has 5 rings (SSSR count). The Balaban J connectivity index is 1.28. The van der Waals surface area contributed by atoms with E-state index in [0.717, 1.165) is 30.8 Å². The van der Waals surface area contributed by atoms with E-state index in [0.29, 0.717) is 40.8 Å². The van der Waals surface area contributed by atoms with Crippen LogP contribution in [-0.4, -0.2) is 57.6 Å². The molecule has 2 fully saturated rings. The highest BCUT2D eigenvalue weighted by Crippen LogP contribution is 2.28. The van der Waals surface area contributed by atoms with E-state index in [-0.39, 0.29) is 12.5 Å². The number of anilines is 2. The summed E-state index contributed by atoms with van der Waals surface area (Å²) in [6.45, 7) is 5.66. The minimum atomic E-state index is -0.306. The van der Waals surface area contributed by atoms with Crippen LogP contribution in [0.2, 0.25) is 0 Å². The van der Waals surface area contributed by atoms with Crippen molar-refractivity contribution in [3.63, 3.8) is 0 Å². The van der Waals surface area contributed by atoms with Crippen molar-refractivity contribution < 1.29 is 9.53 Å². The van der Waals surface area contributed by atoms with Gasteiger partial charge in [-0.2, -0.15) is 4.98 Å². The van der Waals surface area contributed by atoms with Crippen molar-refractivity contribution in [3.05, 3.63) is 41.7 Å². The molecule has 0 saturated carbocycles. The van der Waals surface area contributed by atoms with Crippen LogP contribution in [0.1, 0.15) is 17.7 Å². The predicted molar refractivity (Wildman–Crippen MR) is 113 cm³/mol. The van der Waals surface area contributed by atoms with Crippen LogP contribution in [0.3, 0.4) is 0 Å². The van der Waals surface area contributed by atoms with E-state index in [1.165, 1.54) is 6.20 Å². The van der Waals surface area contributed by atoms with Crippen LogP contribution in [0.5, 0.6) is 5.75 Å². The lowest BCUT2D eigenvalue weighted by atomic mass is 10.2. The first-order valence-electron chi connectivity index (χ1n) is 10.1. The molecule has 2 aromatic heterocycles. The normalized spacial score (nSPS) is 20.0. The number of hydrogen-bond donors (Lipinski definition) is 2. The highest BCUT2D eigenvalue weighted by Gasteiger charge is 2.39. The summed E-state index contributed by atoms with van der Waals surface area (Å²) >= 11 is 0. The lowest BCUT2D eigenvalue weighted by Gasteiger charge is -2.27. The molecule has 2 aliphatic heterocycles. The molecule has 0 aliphatic carbocycles. The summed E-state index contributed by atoms with van der Waals surface area (Å²) in [6, 6.07) is 8.48. The van der Waals surface area contributed by atoms with E-state index in [1.54, 1.807) is 0 Å². The SMILES string of the molecule is Cc1ccc(OCC(=O)Nc2cnc3nc(N4CC5CC4CN5)nc(C)c3n2)cc1. The number of nitrogens with one attached hydrogen (secondary N) is 2. The first-order valence-corrected chi connectivity index (χ1v) is 10.1. The zero-order valence-corrected chi connectivity index (χ0v) is 16.9. The van der Waals surface area contributed by atoms with Gasteiger partial charge in [0.2, 0.25) is 5.95 Å². The Bertz CT molecular complexity index is 1100. The van der Waals surface area contributed by atoms with E-state index in [2.05, 4.69) is 35.5 Å². The summed E-state index contributed by atoms with van der Waals surface area (Å²) in [4.78, 5) is 32.6. The maximum Gasteiger partial charge on any atom is 0.263 e. The monoisotopic (exact) mass is 405 g/mol. The molecular weight excluding hydrogens is 382 g/mol. The number of benzene rings is 1. The zero-order chi connectivity index (χ0) is 20.7. The van der Waals surface area contributed by atoms with Crippen molar-refractivity contribution >= 4 is 28.8 Å². The minimum Gasteiger partial charge on any atom is -0.484 e. The molecular formula is C21H23N7O2. The largest absolute Gasteiger partial charge is 0.484 e. The van der Waals surface area contributed by atoms with Crippen LogP contribution in [0.15, 0.2) is 30.5 Å². The Morgan fingerprint density at radius 2 is 2.07 bits per heavy atom. The van der Waals surface area contributed by atoms with Crippen molar-refractivity contribution in [2.24, 2.45) is 0 Å². The van der Waals surface area contributed by atoms with Crippen molar-refractivity contribution in [1.29, 1.82) is 0 Å². The van der Waals surface area contributed by atoms with Crippen molar-refractivity contribution in [3.8, 4) is 5.75 Å². The van der Waals surface area contributed by atoms with E-state index in [1.807, 2.05) is 38.1 Å². The fourth-order valence-corrected chi connectivity index (χ4v) is 3.99. The average Bonchev–Trinajstić information content (AvgIpc) is 3.37. The van der Waals surface area contributed by atoms with Gasteiger partial charge in [-0.25, -0.2) is 15.0 Å². The molecule has 0 radical (unpaired) electrons. The fraction of sp³-hybridized carbons (Fsp3) is 0.381. The van der Waals surface area contributed by atoms with Crippen LogP contribution in [-0.2, 0) is 4.79 Å². The number of carbonyl (C=O) groups excluding carboxylic acids is 1. The van der Waals surface area contributed by atoms with Crippen LogP contribution in [0.4, 0.5) is 11.8 Å². The van der Waals surface area contributed by atoms with Gasteiger partial charge in [-0.3, -0.25) is 4.79 Å². The molecule has 154 valence electrons. The number of hydrogen-bond acceptors (Lipinski definition) is 8. The summed E-state index contributed by atoms with van der Waals surface area (Å²) in [7, 11) is 0. The quantitative estimate of drug-likeness (QED) is 0.660. The second-order valence-electron chi connectivity index (χ2n) is 7.83. The van der Waals surface area contributed by atoms with Crippen LogP contribution < -0.4 is 20.3 Å². The Morgan fingerprint density at radius 3 is 2.80 bits per heavy atom. The third-order valence-corrected chi connectivity index (χ3v) is 5.54. The Morgan fingerprint density at radius 1 is 1.23 bits per heavy atom. The highest BCUT2D eigenvalue weighted by molar-refractivity contribution is 5.91.